The molecule has 3 aromatic carbocycles. The molecule has 3 heterocycles. The molecule has 8 nitrogen and oxygen atoms in total. The first-order valence-corrected chi connectivity index (χ1v) is 12.0. The second-order valence-electron chi connectivity index (χ2n) is 9.05. The molecule has 1 aliphatic rings. The average Bonchev–Trinajstić information content (AvgIpc) is 3.38. The van der Waals surface area contributed by atoms with Crippen molar-refractivity contribution < 1.29 is 23.0 Å². The number of nitrogens with zero attached hydrogens (tertiary/aromatic N) is 4. The third-order valence-electron chi connectivity index (χ3n) is 6.68. The average molecular weight is 517 g/mol. The zero-order valence-corrected chi connectivity index (χ0v) is 20.7. The van der Waals surface area contributed by atoms with Gasteiger partial charge in [0, 0.05) is 41.6 Å². The molecule has 0 saturated heterocycles. The van der Waals surface area contributed by atoms with Crippen LogP contribution in [0.3, 0.4) is 0 Å². The Morgan fingerprint density at radius 1 is 1.03 bits per heavy atom. The van der Waals surface area contributed by atoms with Gasteiger partial charge in [0.2, 0.25) is 0 Å². The minimum atomic E-state index is -3.78. The molecule has 38 heavy (non-hydrogen) atoms. The van der Waals surface area contributed by atoms with Gasteiger partial charge < -0.3 is 18.9 Å². The van der Waals surface area contributed by atoms with E-state index in [1.807, 2.05) is 43.3 Å². The molecule has 1 amide bonds. The van der Waals surface area contributed by atoms with Crippen molar-refractivity contribution in [1.29, 1.82) is 0 Å². The first-order valence-electron chi connectivity index (χ1n) is 12.0. The Labute approximate surface area is 215 Å². The van der Waals surface area contributed by atoms with Crippen LogP contribution >= 0.6 is 0 Å². The lowest BCUT2D eigenvalue weighted by atomic mass is 10.1. The van der Waals surface area contributed by atoms with Crippen LogP contribution in [0.2, 0.25) is 0 Å². The van der Waals surface area contributed by atoms with Crippen molar-refractivity contribution >= 4 is 33.4 Å². The van der Waals surface area contributed by atoms with Crippen LogP contribution in [0.4, 0.5) is 14.5 Å². The summed E-state index contributed by atoms with van der Waals surface area (Å²) in [6.45, 7) is 3.89. The summed E-state index contributed by atoms with van der Waals surface area (Å²) in [5.41, 5.74) is 2.62. The van der Waals surface area contributed by atoms with Gasteiger partial charge in [-0.25, -0.2) is 0 Å². The normalized spacial score (nSPS) is 13.8. The monoisotopic (exact) mass is 516 g/mol. The Hall–Kier alpha value is -4.73. The molecule has 0 fully saturated rings. The molecule has 0 aliphatic carbocycles. The Kier molecular flexibility index (Phi) is 5.23. The molecule has 2 aromatic heterocycles. The molecular weight excluding hydrogens is 494 g/mol. The number of hydrogen-bond donors (Lipinski definition) is 0. The van der Waals surface area contributed by atoms with Crippen LogP contribution in [-0.4, -0.2) is 33.1 Å². The number of halogens is 2. The van der Waals surface area contributed by atoms with Crippen LogP contribution in [0.15, 0.2) is 71.5 Å². The van der Waals surface area contributed by atoms with E-state index in [4.69, 9.17) is 0 Å². The quantitative estimate of drug-likeness (QED) is 0.329. The third-order valence-corrected chi connectivity index (χ3v) is 6.68. The van der Waals surface area contributed by atoms with E-state index in [0.29, 0.717) is 27.7 Å². The summed E-state index contributed by atoms with van der Waals surface area (Å²) >= 11 is 0. The Morgan fingerprint density at radius 3 is 2.47 bits per heavy atom. The summed E-state index contributed by atoms with van der Waals surface area (Å²) in [7, 11) is 1.77. The molecule has 192 valence electrons. The number of para-hydroxylation sites is 1. The van der Waals surface area contributed by atoms with Gasteiger partial charge in [-0.1, -0.05) is 35.9 Å². The van der Waals surface area contributed by atoms with Gasteiger partial charge in [0.15, 0.2) is 17.2 Å². The van der Waals surface area contributed by atoms with Gasteiger partial charge in [0.1, 0.15) is 5.52 Å². The molecule has 1 aliphatic heterocycles. The van der Waals surface area contributed by atoms with Crippen LogP contribution in [0.5, 0.6) is 11.5 Å². The van der Waals surface area contributed by atoms with Gasteiger partial charge >= 0.3 is 6.29 Å². The highest BCUT2D eigenvalue weighted by atomic mass is 19.3. The molecular formula is C28H22F2N4O4. The van der Waals surface area contributed by atoms with Gasteiger partial charge in [-0.3, -0.25) is 9.59 Å². The van der Waals surface area contributed by atoms with Crippen LogP contribution in [0, 0.1) is 6.92 Å². The lowest BCUT2D eigenvalue weighted by Crippen LogP contribution is -2.34. The lowest BCUT2D eigenvalue weighted by molar-refractivity contribution is -0.286. The van der Waals surface area contributed by atoms with E-state index in [-0.39, 0.29) is 29.3 Å². The predicted octanol–water partition coefficient (Wildman–Crippen LogP) is 5.17. The van der Waals surface area contributed by atoms with E-state index in [2.05, 4.69) is 14.6 Å². The molecule has 0 N–H and O–H groups in total. The maximum atomic E-state index is 14.1. The summed E-state index contributed by atoms with van der Waals surface area (Å²) in [6.07, 6.45) is -3.78. The predicted molar refractivity (Wildman–Crippen MR) is 139 cm³/mol. The van der Waals surface area contributed by atoms with E-state index in [1.165, 1.54) is 27.8 Å². The lowest BCUT2D eigenvalue weighted by Gasteiger charge is -2.22. The van der Waals surface area contributed by atoms with E-state index in [0.717, 1.165) is 11.1 Å². The van der Waals surface area contributed by atoms with Crippen molar-refractivity contribution in [2.24, 2.45) is 7.05 Å². The highest BCUT2D eigenvalue weighted by molar-refractivity contribution is 6.20. The maximum absolute atomic E-state index is 14.1. The van der Waals surface area contributed by atoms with Crippen LogP contribution in [0.1, 0.15) is 23.0 Å². The highest BCUT2D eigenvalue weighted by Crippen LogP contribution is 2.43. The fraction of sp³-hybridized carbons (Fsp3) is 0.179. The summed E-state index contributed by atoms with van der Waals surface area (Å²) in [5, 5.41) is 5.70. The number of aromatic nitrogens is 3. The van der Waals surface area contributed by atoms with Crippen molar-refractivity contribution in [2.45, 2.75) is 20.1 Å². The molecule has 10 heteroatoms. The van der Waals surface area contributed by atoms with Crippen LogP contribution in [0.25, 0.3) is 27.5 Å². The molecule has 0 bridgehead atoms. The first-order chi connectivity index (χ1) is 18.2. The Morgan fingerprint density at radius 2 is 1.74 bits per heavy atom. The van der Waals surface area contributed by atoms with E-state index < -0.39 is 12.2 Å². The number of hydrogen-bond acceptors (Lipinski definition) is 5. The molecule has 0 radical (unpaired) electrons. The fourth-order valence-electron chi connectivity index (χ4n) is 4.87. The molecule has 0 saturated carbocycles. The molecule has 0 unspecified atom stereocenters. The minimum absolute atomic E-state index is 0.0572. The number of benzene rings is 3. The van der Waals surface area contributed by atoms with Crippen molar-refractivity contribution in [3.05, 3.63) is 88.3 Å². The summed E-state index contributed by atoms with van der Waals surface area (Å²) in [5.74, 6) is -0.795. The second kappa shape index (κ2) is 8.41. The standard InChI is InChI=1S/C28H22F2N4O4/c1-4-33(18-13-14-21-22(15-18)38-28(29,30)37-21)26(35)24-23-19-7-5-6-8-20(19)32(3)25(23)27(36)34(31-24)17-11-9-16(2)10-12-17/h5-15H,4H2,1-3H3. The fourth-order valence-corrected chi connectivity index (χ4v) is 4.87. The van der Waals surface area contributed by atoms with Crippen molar-refractivity contribution in [1.82, 2.24) is 14.3 Å². The Balaban J connectivity index is 1.58. The summed E-state index contributed by atoms with van der Waals surface area (Å²) < 4.78 is 39.3. The number of rotatable bonds is 4. The highest BCUT2D eigenvalue weighted by Gasteiger charge is 2.43. The largest absolute Gasteiger partial charge is 0.586 e. The van der Waals surface area contributed by atoms with E-state index >= 15 is 0 Å². The maximum Gasteiger partial charge on any atom is 0.586 e. The van der Waals surface area contributed by atoms with Gasteiger partial charge in [0.05, 0.1) is 5.69 Å². The number of fused-ring (bicyclic) bond motifs is 4. The molecule has 5 aromatic rings. The van der Waals surface area contributed by atoms with Crippen molar-refractivity contribution in [3.63, 3.8) is 0 Å². The smallest absolute Gasteiger partial charge is 0.395 e. The van der Waals surface area contributed by atoms with Gasteiger partial charge in [-0.2, -0.15) is 9.78 Å². The van der Waals surface area contributed by atoms with Gasteiger partial charge in [-0.15, -0.1) is 8.78 Å². The minimum Gasteiger partial charge on any atom is -0.395 e. The molecule has 0 spiro atoms. The number of aryl methyl sites for hydroxylation is 2. The third kappa shape index (κ3) is 3.60. The SMILES string of the molecule is CCN(C(=O)c1nn(-c2ccc(C)cc2)c(=O)c2c1c1ccccc1n2C)c1ccc2c(c1)OC(F)(F)O2. The number of alkyl halides is 2. The summed E-state index contributed by atoms with van der Waals surface area (Å²) in [6, 6.07) is 18.8. The van der Waals surface area contributed by atoms with Crippen molar-refractivity contribution in [3.8, 4) is 17.2 Å². The van der Waals surface area contributed by atoms with Crippen LogP contribution in [-0.2, 0) is 7.05 Å². The number of ether oxygens (including phenoxy) is 2. The number of anilines is 1. The summed E-state index contributed by atoms with van der Waals surface area (Å²) in [4.78, 5) is 29.3. The van der Waals surface area contributed by atoms with Gasteiger partial charge in [-0.05, 0) is 44.2 Å². The van der Waals surface area contributed by atoms with E-state index in [9.17, 15) is 18.4 Å². The zero-order valence-electron chi connectivity index (χ0n) is 20.7. The number of amides is 1. The van der Waals surface area contributed by atoms with Crippen LogP contribution < -0.4 is 19.9 Å². The zero-order chi connectivity index (χ0) is 26.8. The van der Waals surface area contributed by atoms with E-state index in [1.54, 1.807) is 30.7 Å². The first kappa shape index (κ1) is 23.7. The molecule has 6 rings (SSSR count). The number of carbonyl (C=O) groups is 1. The van der Waals surface area contributed by atoms with Crippen molar-refractivity contribution in [2.75, 3.05) is 11.4 Å². The van der Waals surface area contributed by atoms with Gasteiger partial charge in [0.25, 0.3) is 11.5 Å². The number of carbonyl (C=O) groups excluding carboxylic acids is 1. The molecule has 0 atom stereocenters. The second-order valence-corrected chi connectivity index (χ2v) is 9.05. The topological polar surface area (TPSA) is 78.6 Å². The Bertz CT molecular complexity index is 1810.